The van der Waals surface area contributed by atoms with Crippen LogP contribution in [0.25, 0.3) is 0 Å². The van der Waals surface area contributed by atoms with Crippen molar-refractivity contribution >= 4 is 11.8 Å². The predicted octanol–water partition coefficient (Wildman–Crippen LogP) is 2.17. The first kappa shape index (κ1) is 23.3. The molecule has 1 aliphatic rings. The van der Waals surface area contributed by atoms with E-state index in [1.54, 1.807) is 12.1 Å². The van der Waals surface area contributed by atoms with Gasteiger partial charge in [0.05, 0.1) is 13.1 Å². The maximum Gasteiger partial charge on any atom is 0.236 e. The van der Waals surface area contributed by atoms with E-state index < -0.39 is 0 Å². The van der Waals surface area contributed by atoms with Crippen molar-refractivity contribution in [1.29, 1.82) is 0 Å². The zero-order valence-corrected chi connectivity index (χ0v) is 18.3. The molecule has 2 rings (SSSR count). The standard InChI is InChI=1S/C22H35FN4O2/c1-16(2)21(17-6-8-18(23)9-7-17)24-14-20(29)27-12-10-26(11-13-27)15-19(28)25-22(3,4)5/h6-9,16,21,24H,10-15H2,1-5H3,(H,25,28)/t21-/m0/s1. The van der Waals surface area contributed by atoms with Gasteiger partial charge in [0.25, 0.3) is 0 Å². The van der Waals surface area contributed by atoms with Crippen molar-refractivity contribution in [3.8, 4) is 0 Å². The maximum atomic E-state index is 13.2. The van der Waals surface area contributed by atoms with E-state index in [0.717, 1.165) is 5.56 Å². The number of piperazine rings is 1. The van der Waals surface area contributed by atoms with Gasteiger partial charge in [-0.1, -0.05) is 26.0 Å². The van der Waals surface area contributed by atoms with Crippen molar-refractivity contribution < 1.29 is 14.0 Å². The molecule has 1 aromatic rings. The first-order chi connectivity index (χ1) is 13.5. The second-order valence-electron chi connectivity index (χ2n) is 9.11. The van der Waals surface area contributed by atoms with Crippen LogP contribution >= 0.6 is 0 Å². The average Bonchev–Trinajstić information content (AvgIpc) is 2.62. The van der Waals surface area contributed by atoms with Crippen LogP contribution in [0.5, 0.6) is 0 Å². The molecule has 0 aromatic heterocycles. The summed E-state index contributed by atoms with van der Waals surface area (Å²) in [7, 11) is 0. The average molecular weight is 407 g/mol. The van der Waals surface area contributed by atoms with Crippen LogP contribution in [0, 0.1) is 11.7 Å². The minimum Gasteiger partial charge on any atom is -0.350 e. The molecule has 1 atom stereocenters. The lowest BCUT2D eigenvalue weighted by molar-refractivity contribution is -0.132. The lowest BCUT2D eigenvalue weighted by Crippen LogP contribution is -2.54. The van der Waals surface area contributed by atoms with Crippen LogP contribution in [-0.4, -0.2) is 66.4 Å². The number of carbonyl (C=O) groups is 2. The van der Waals surface area contributed by atoms with E-state index in [9.17, 15) is 14.0 Å². The van der Waals surface area contributed by atoms with E-state index in [-0.39, 0.29) is 41.7 Å². The molecule has 0 spiro atoms. The summed E-state index contributed by atoms with van der Waals surface area (Å²) in [6.07, 6.45) is 0. The van der Waals surface area contributed by atoms with Gasteiger partial charge in [0.1, 0.15) is 5.82 Å². The zero-order valence-electron chi connectivity index (χ0n) is 18.3. The largest absolute Gasteiger partial charge is 0.350 e. The molecular weight excluding hydrogens is 371 g/mol. The first-order valence-electron chi connectivity index (χ1n) is 10.3. The SMILES string of the molecule is CC(C)[C@H](NCC(=O)N1CCN(CC(=O)NC(C)(C)C)CC1)c1ccc(F)cc1. The van der Waals surface area contributed by atoms with E-state index in [4.69, 9.17) is 0 Å². The summed E-state index contributed by atoms with van der Waals surface area (Å²) < 4.78 is 13.2. The van der Waals surface area contributed by atoms with Crippen LogP contribution < -0.4 is 10.6 Å². The van der Waals surface area contributed by atoms with Gasteiger partial charge in [-0.25, -0.2) is 4.39 Å². The van der Waals surface area contributed by atoms with E-state index >= 15 is 0 Å². The van der Waals surface area contributed by atoms with Gasteiger partial charge in [-0.15, -0.1) is 0 Å². The summed E-state index contributed by atoms with van der Waals surface area (Å²) in [6, 6.07) is 6.41. The van der Waals surface area contributed by atoms with Crippen LogP contribution in [0.15, 0.2) is 24.3 Å². The number of halogens is 1. The second kappa shape index (κ2) is 10.2. The third-order valence-corrected chi connectivity index (χ3v) is 4.98. The smallest absolute Gasteiger partial charge is 0.236 e. The highest BCUT2D eigenvalue weighted by molar-refractivity contribution is 5.79. The highest BCUT2D eigenvalue weighted by Crippen LogP contribution is 2.21. The Labute approximate surface area is 173 Å². The lowest BCUT2D eigenvalue weighted by atomic mass is 9.96. The molecule has 0 saturated carbocycles. The summed E-state index contributed by atoms with van der Waals surface area (Å²) in [5.74, 6) is 0.0717. The number of hydrogen-bond acceptors (Lipinski definition) is 4. The maximum absolute atomic E-state index is 13.2. The minimum absolute atomic E-state index is 0.0121. The summed E-state index contributed by atoms with van der Waals surface area (Å²) >= 11 is 0. The minimum atomic E-state index is -0.263. The third kappa shape index (κ3) is 7.74. The Kier molecular flexibility index (Phi) is 8.16. The van der Waals surface area contributed by atoms with Gasteiger partial charge in [0, 0.05) is 37.8 Å². The van der Waals surface area contributed by atoms with Crippen molar-refractivity contribution in [1.82, 2.24) is 20.4 Å². The van der Waals surface area contributed by atoms with E-state index in [2.05, 4.69) is 29.4 Å². The van der Waals surface area contributed by atoms with Crippen LogP contribution in [0.1, 0.15) is 46.2 Å². The third-order valence-electron chi connectivity index (χ3n) is 4.98. The summed E-state index contributed by atoms with van der Waals surface area (Å²) in [5.41, 5.74) is 0.738. The Morgan fingerprint density at radius 1 is 1.07 bits per heavy atom. The van der Waals surface area contributed by atoms with E-state index in [1.165, 1.54) is 12.1 Å². The van der Waals surface area contributed by atoms with Crippen LogP contribution in [0.4, 0.5) is 4.39 Å². The van der Waals surface area contributed by atoms with Crippen LogP contribution in [0.3, 0.4) is 0 Å². The molecular formula is C22H35FN4O2. The number of nitrogens with zero attached hydrogens (tertiary/aromatic N) is 2. The Morgan fingerprint density at radius 2 is 1.66 bits per heavy atom. The number of nitrogens with one attached hydrogen (secondary N) is 2. The Bertz CT molecular complexity index is 677. The predicted molar refractivity (Wildman–Crippen MR) is 113 cm³/mol. The number of amides is 2. The fourth-order valence-corrected chi connectivity index (χ4v) is 3.53. The Balaban J connectivity index is 1.80. The molecule has 7 heteroatoms. The lowest BCUT2D eigenvalue weighted by Gasteiger charge is -2.35. The topological polar surface area (TPSA) is 64.7 Å². The van der Waals surface area contributed by atoms with Gasteiger partial charge in [0.15, 0.2) is 0 Å². The second-order valence-corrected chi connectivity index (χ2v) is 9.11. The number of rotatable bonds is 7. The normalized spacial score (nSPS) is 16.7. The number of hydrogen-bond donors (Lipinski definition) is 2. The molecule has 0 radical (unpaired) electrons. The highest BCUT2D eigenvalue weighted by Gasteiger charge is 2.24. The molecule has 29 heavy (non-hydrogen) atoms. The molecule has 1 fully saturated rings. The molecule has 0 unspecified atom stereocenters. The van der Waals surface area contributed by atoms with Gasteiger partial charge in [-0.2, -0.15) is 0 Å². The Morgan fingerprint density at radius 3 is 2.17 bits per heavy atom. The Hall–Kier alpha value is -1.99. The summed E-state index contributed by atoms with van der Waals surface area (Å²) in [4.78, 5) is 28.6. The van der Waals surface area contributed by atoms with Crippen molar-refractivity contribution in [3.63, 3.8) is 0 Å². The molecule has 1 saturated heterocycles. The van der Waals surface area contributed by atoms with Crippen molar-refractivity contribution in [3.05, 3.63) is 35.6 Å². The van der Waals surface area contributed by atoms with Gasteiger partial charge >= 0.3 is 0 Å². The molecule has 0 bridgehead atoms. The van der Waals surface area contributed by atoms with Gasteiger partial charge < -0.3 is 15.5 Å². The summed E-state index contributed by atoms with van der Waals surface area (Å²) in [5, 5.41) is 6.30. The molecule has 1 aliphatic heterocycles. The van der Waals surface area contributed by atoms with E-state index in [0.29, 0.717) is 32.7 Å². The monoisotopic (exact) mass is 406 g/mol. The van der Waals surface area contributed by atoms with E-state index in [1.807, 2.05) is 25.7 Å². The highest BCUT2D eigenvalue weighted by atomic mass is 19.1. The molecule has 1 heterocycles. The zero-order chi connectivity index (χ0) is 21.6. The molecule has 1 aromatic carbocycles. The van der Waals surface area contributed by atoms with Gasteiger partial charge in [-0.05, 0) is 44.4 Å². The fourth-order valence-electron chi connectivity index (χ4n) is 3.53. The molecule has 162 valence electrons. The molecule has 2 amide bonds. The van der Waals surface area contributed by atoms with Gasteiger partial charge in [0.2, 0.25) is 11.8 Å². The van der Waals surface area contributed by atoms with Crippen LogP contribution in [0.2, 0.25) is 0 Å². The van der Waals surface area contributed by atoms with Crippen molar-refractivity contribution in [2.45, 2.75) is 46.2 Å². The summed E-state index contributed by atoms with van der Waals surface area (Å²) in [6.45, 7) is 13.3. The molecule has 0 aliphatic carbocycles. The van der Waals surface area contributed by atoms with Gasteiger partial charge in [-0.3, -0.25) is 14.5 Å². The number of benzene rings is 1. The van der Waals surface area contributed by atoms with Crippen LogP contribution in [-0.2, 0) is 9.59 Å². The van der Waals surface area contributed by atoms with Crippen molar-refractivity contribution in [2.75, 3.05) is 39.3 Å². The first-order valence-corrected chi connectivity index (χ1v) is 10.3. The number of carbonyl (C=O) groups excluding carboxylic acids is 2. The molecule has 2 N–H and O–H groups in total. The fraction of sp³-hybridized carbons (Fsp3) is 0.636. The quantitative estimate of drug-likeness (QED) is 0.729. The van der Waals surface area contributed by atoms with Crippen molar-refractivity contribution in [2.24, 2.45) is 5.92 Å². The molecule has 6 nitrogen and oxygen atoms in total.